The summed E-state index contributed by atoms with van der Waals surface area (Å²) in [6.07, 6.45) is 4.45. The normalized spacial score (nSPS) is 12.2. The molecule has 0 aliphatic heterocycles. The molecule has 1 heterocycles. The number of nitrogens with zero attached hydrogens (tertiary/aromatic N) is 2. The number of hydrogen-bond acceptors (Lipinski definition) is 3. The van der Waals surface area contributed by atoms with Crippen molar-refractivity contribution in [3.8, 4) is 0 Å². The van der Waals surface area contributed by atoms with Gasteiger partial charge in [-0.05, 0) is 38.8 Å². The van der Waals surface area contributed by atoms with Gasteiger partial charge in [0.1, 0.15) is 5.82 Å². The van der Waals surface area contributed by atoms with Gasteiger partial charge >= 0.3 is 0 Å². The Morgan fingerprint density at radius 1 is 1.40 bits per heavy atom. The summed E-state index contributed by atoms with van der Waals surface area (Å²) in [4.78, 5) is 9.41. The Hall–Kier alpha value is -1.65. The fourth-order valence-corrected chi connectivity index (χ4v) is 2.32. The van der Waals surface area contributed by atoms with Crippen molar-refractivity contribution in [2.24, 2.45) is 0 Å². The van der Waals surface area contributed by atoms with Gasteiger partial charge in [-0.25, -0.2) is 10.5 Å². The minimum atomic E-state index is 0.884. The monoisotopic (exact) mass is 273 g/mol. The lowest BCUT2D eigenvalue weighted by Crippen LogP contribution is -2.12. The van der Waals surface area contributed by atoms with Gasteiger partial charge in [0.25, 0.3) is 0 Å². The Labute approximate surface area is 120 Å². The van der Waals surface area contributed by atoms with Gasteiger partial charge < -0.3 is 9.40 Å². The van der Waals surface area contributed by atoms with Gasteiger partial charge in [0, 0.05) is 13.1 Å². The molecular weight excluding hydrogens is 250 g/mol. The van der Waals surface area contributed by atoms with Crippen molar-refractivity contribution in [3.05, 3.63) is 41.7 Å². The number of nitrogens with one attached hydrogen (secondary N) is 1. The SMILES string of the molecule is CONCCCC(C)=CCn1c(C)nc2ccccc21. The lowest BCUT2D eigenvalue weighted by atomic mass is 10.1. The predicted octanol–water partition coefficient (Wildman–Crippen LogP) is 3.22. The van der Waals surface area contributed by atoms with Crippen LogP contribution in [-0.4, -0.2) is 23.2 Å². The van der Waals surface area contributed by atoms with E-state index < -0.39 is 0 Å². The van der Waals surface area contributed by atoms with Gasteiger partial charge in [-0.1, -0.05) is 23.8 Å². The first-order valence-electron chi connectivity index (χ1n) is 7.05. The third-order valence-electron chi connectivity index (χ3n) is 3.46. The van der Waals surface area contributed by atoms with Gasteiger partial charge in [0.15, 0.2) is 0 Å². The number of hydroxylamine groups is 1. The van der Waals surface area contributed by atoms with E-state index in [0.717, 1.165) is 37.3 Å². The molecule has 0 bridgehead atoms. The molecule has 20 heavy (non-hydrogen) atoms. The van der Waals surface area contributed by atoms with Crippen LogP contribution in [0.25, 0.3) is 11.0 Å². The highest BCUT2D eigenvalue weighted by atomic mass is 16.6. The van der Waals surface area contributed by atoms with E-state index >= 15 is 0 Å². The first-order chi connectivity index (χ1) is 9.72. The number of imidazole rings is 1. The molecule has 1 aromatic heterocycles. The molecule has 0 saturated heterocycles. The topological polar surface area (TPSA) is 39.1 Å². The van der Waals surface area contributed by atoms with Gasteiger partial charge in [0.2, 0.25) is 0 Å². The van der Waals surface area contributed by atoms with Crippen molar-refractivity contribution in [1.29, 1.82) is 0 Å². The van der Waals surface area contributed by atoms with E-state index in [0.29, 0.717) is 0 Å². The summed E-state index contributed by atoms with van der Waals surface area (Å²) in [6.45, 7) is 6.01. The summed E-state index contributed by atoms with van der Waals surface area (Å²) in [5.41, 5.74) is 6.54. The number of rotatable bonds is 7. The average Bonchev–Trinajstić information content (AvgIpc) is 2.77. The second-order valence-corrected chi connectivity index (χ2v) is 5.01. The molecule has 0 aliphatic carbocycles. The van der Waals surface area contributed by atoms with Gasteiger partial charge in [-0.15, -0.1) is 0 Å². The van der Waals surface area contributed by atoms with Crippen LogP contribution in [0.3, 0.4) is 0 Å². The lowest BCUT2D eigenvalue weighted by Gasteiger charge is -2.06. The van der Waals surface area contributed by atoms with Crippen LogP contribution in [-0.2, 0) is 11.4 Å². The van der Waals surface area contributed by atoms with Crippen LogP contribution >= 0.6 is 0 Å². The van der Waals surface area contributed by atoms with Crippen LogP contribution in [0, 0.1) is 6.92 Å². The summed E-state index contributed by atoms with van der Waals surface area (Å²) in [6, 6.07) is 8.28. The van der Waals surface area contributed by atoms with Crippen molar-refractivity contribution in [3.63, 3.8) is 0 Å². The molecular formula is C16H23N3O. The van der Waals surface area contributed by atoms with E-state index in [1.165, 1.54) is 11.1 Å². The molecule has 0 fully saturated rings. The first-order valence-corrected chi connectivity index (χ1v) is 7.05. The molecule has 0 saturated carbocycles. The van der Waals surface area contributed by atoms with Crippen molar-refractivity contribution in [2.75, 3.05) is 13.7 Å². The van der Waals surface area contributed by atoms with E-state index in [-0.39, 0.29) is 0 Å². The standard InChI is InChI=1S/C16H23N3O/c1-13(7-6-11-17-20-3)10-12-19-14(2)18-15-8-4-5-9-16(15)19/h4-5,8-10,17H,6-7,11-12H2,1-3H3. The zero-order chi connectivity index (χ0) is 14.4. The first kappa shape index (κ1) is 14.8. The number of allylic oxidation sites excluding steroid dienone is 2. The number of para-hydroxylation sites is 2. The molecule has 1 aromatic carbocycles. The van der Waals surface area contributed by atoms with Crippen molar-refractivity contribution >= 4 is 11.0 Å². The third-order valence-corrected chi connectivity index (χ3v) is 3.46. The number of hydrogen-bond donors (Lipinski definition) is 1. The van der Waals surface area contributed by atoms with Crippen LogP contribution in [0.5, 0.6) is 0 Å². The number of aryl methyl sites for hydroxylation is 1. The van der Waals surface area contributed by atoms with Crippen LogP contribution in [0.2, 0.25) is 0 Å². The van der Waals surface area contributed by atoms with E-state index in [4.69, 9.17) is 4.84 Å². The van der Waals surface area contributed by atoms with Gasteiger partial charge in [-0.3, -0.25) is 0 Å². The lowest BCUT2D eigenvalue weighted by molar-refractivity contribution is 0.0911. The fourth-order valence-electron chi connectivity index (χ4n) is 2.32. The highest BCUT2D eigenvalue weighted by Gasteiger charge is 2.04. The minimum absolute atomic E-state index is 0.884. The number of benzene rings is 1. The summed E-state index contributed by atoms with van der Waals surface area (Å²) in [5, 5.41) is 0. The molecule has 2 rings (SSSR count). The van der Waals surface area contributed by atoms with Crippen molar-refractivity contribution < 1.29 is 4.84 Å². The van der Waals surface area contributed by atoms with E-state index in [9.17, 15) is 0 Å². The van der Waals surface area contributed by atoms with Gasteiger partial charge in [0.05, 0.1) is 18.1 Å². The van der Waals surface area contributed by atoms with Gasteiger partial charge in [-0.2, -0.15) is 0 Å². The van der Waals surface area contributed by atoms with E-state index in [1.54, 1.807) is 7.11 Å². The molecule has 0 atom stereocenters. The Bertz CT molecular complexity index is 586. The highest BCUT2D eigenvalue weighted by Crippen LogP contribution is 2.16. The van der Waals surface area contributed by atoms with Crippen molar-refractivity contribution in [2.45, 2.75) is 33.2 Å². The maximum absolute atomic E-state index is 4.82. The van der Waals surface area contributed by atoms with Crippen LogP contribution < -0.4 is 5.48 Å². The van der Waals surface area contributed by atoms with E-state index in [2.05, 4.69) is 53.2 Å². The summed E-state index contributed by atoms with van der Waals surface area (Å²) < 4.78 is 2.26. The largest absolute Gasteiger partial charge is 0.324 e. The Morgan fingerprint density at radius 3 is 3.00 bits per heavy atom. The summed E-state index contributed by atoms with van der Waals surface area (Å²) in [7, 11) is 1.65. The molecule has 2 aromatic rings. The minimum Gasteiger partial charge on any atom is -0.324 e. The highest BCUT2D eigenvalue weighted by molar-refractivity contribution is 5.75. The molecule has 4 nitrogen and oxygen atoms in total. The molecule has 4 heteroatoms. The Morgan fingerprint density at radius 2 is 2.20 bits per heavy atom. The van der Waals surface area contributed by atoms with E-state index in [1.807, 2.05) is 6.07 Å². The van der Waals surface area contributed by atoms with Crippen molar-refractivity contribution in [1.82, 2.24) is 15.0 Å². The molecule has 0 spiro atoms. The maximum Gasteiger partial charge on any atom is 0.107 e. The maximum atomic E-state index is 4.82. The molecule has 0 amide bonds. The Balaban J connectivity index is 1.99. The number of aromatic nitrogens is 2. The fraction of sp³-hybridized carbons (Fsp3) is 0.438. The predicted molar refractivity (Wildman–Crippen MR) is 82.5 cm³/mol. The van der Waals surface area contributed by atoms with Crippen LogP contribution in [0.15, 0.2) is 35.9 Å². The Kier molecular flexibility index (Phi) is 5.32. The smallest absolute Gasteiger partial charge is 0.107 e. The summed E-state index contributed by atoms with van der Waals surface area (Å²) >= 11 is 0. The third kappa shape index (κ3) is 3.68. The molecule has 0 radical (unpaired) electrons. The second kappa shape index (κ2) is 7.22. The number of fused-ring (bicyclic) bond motifs is 1. The summed E-state index contributed by atoms with van der Waals surface area (Å²) in [5.74, 6) is 1.07. The molecule has 0 unspecified atom stereocenters. The quantitative estimate of drug-likeness (QED) is 0.478. The van der Waals surface area contributed by atoms with Crippen LogP contribution in [0.1, 0.15) is 25.6 Å². The average molecular weight is 273 g/mol. The molecule has 108 valence electrons. The second-order valence-electron chi connectivity index (χ2n) is 5.01. The zero-order valence-electron chi connectivity index (χ0n) is 12.5. The molecule has 0 aliphatic rings. The van der Waals surface area contributed by atoms with Crippen LogP contribution in [0.4, 0.5) is 0 Å². The zero-order valence-corrected chi connectivity index (χ0v) is 12.5. The molecule has 1 N–H and O–H groups in total.